The van der Waals surface area contributed by atoms with Crippen LogP contribution in [0.15, 0.2) is 39.8 Å². The summed E-state index contributed by atoms with van der Waals surface area (Å²) < 4.78 is 33.0. The molecule has 0 saturated heterocycles. The van der Waals surface area contributed by atoms with Gasteiger partial charge in [0.15, 0.2) is 0 Å². The Morgan fingerprint density at radius 1 is 1.33 bits per heavy atom. The molecule has 0 aliphatic rings. The third-order valence-corrected chi connectivity index (χ3v) is 4.57. The lowest BCUT2D eigenvalue weighted by atomic mass is 10.2. The number of methoxy groups -OCH3 is 1. The summed E-state index contributed by atoms with van der Waals surface area (Å²) in [4.78, 5) is 3.73. The maximum absolute atomic E-state index is 12.4. The number of rotatable bonds is 4. The maximum atomic E-state index is 12.4. The van der Waals surface area contributed by atoms with E-state index in [0.29, 0.717) is 15.9 Å². The smallest absolute Gasteiger partial charge is 0.265 e. The predicted octanol–water partition coefficient (Wildman–Crippen LogP) is 2.54. The van der Waals surface area contributed by atoms with Gasteiger partial charge < -0.3 is 10.5 Å². The number of anilines is 2. The number of nitrogens with two attached hydrogens (primary N) is 1. The fraction of sp³-hybridized carbons (Fsp3) is 0.154. The third-order valence-electron chi connectivity index (χ3n) is 2.74. The third kappa shape index (κ3) is 3.45. The molecule has 0 atom stereocenters. The predicted molar refractivity (Wildman–Crippen MR) is 84.9 cm³/mol. The topological polar surface area (TPSA) is 94.3 Å². The van der Waals surface area contributed by atoms with E-state index in [1.165, 1.54) is 19.4 Å². The molecule has 112 valence electrons. The van der Waals surface area contributed by atoms with Crippen LogP contribution in [0.2, 0.25) is 0 Å². The SMILES string of the molecule is COc1ccc(C)cc1NS(=O)(=O)c1cc(Br)cnc1N. The molecular formula is C13H14BrN3O3S. The van der Waals surface area contributed by atoms with Gasteiger partial charge in [-0.3, -0.25) is 4.72 Å². The normalized spacial score (nSPS) is 11.2. The van der Waals surface area contributed by atoms with Crippen molar-refractivity contribution >= 4 is 37.5 Å². The number of pyridine rings is 1. The Kier molecular flexibility index (Phi) is 4.38. The second kappa shape index (κ2) is 5.90. The Morgan fingerprint density at radius 3 is 2.71 bits per heavy atom. The first-order valence-corrected chi connectivity index (χ1v) is 8.19. The molecule has 0 radical (unpaired) electrons. The van der Waals surface area contributed by atoms with Crippen molar-refractivity contribution in [1.82, 2.24) is 4.98 Å². The number of halogens is 1. The van der Waals surface area contributed by atoms with Gasteiger partial charge in [0.1, 0.15) is 16.5 Å². The molecule has 2 aromatic rings. The van der Waals surface area contributed by atoms with Gasteiger partial charge in [-0.25, -0.2) is 13.4 Å². The molecule has 0 unspecified atom stereocenters. The van der Waals surface area contributed by atoms with Crippen molar-refractivity contribution in [3.63, 3.8) is 0 Å². The molecule has 1 heterocycles. The standard InChI is InChI=1S/C13H14BrN3O3S/c1-8-3-4-11(20-2)10(5-8)17-21(18,19)12-6-9(14)7-16-13(12)15/h3-7,17H,1-2H3,(H2,15,16). The first-order valence-electron chi connectivity index (χ1n) is 5.92. The maximum Gasteiger partial charge on any atom is 0.265 e. The fourth-order valence-electron chi connectivity index (χ4n) is 1.75. The Labute approximate surface area is 131 Å². The zero-order valence-corrected chi connectivity index (χ0v) is 13.8. The number of sulfonamides is 1. The molecular weight excluding hydrogens is 358 g/mol. The molecule has 1 aromatic heterocycles. The Balaban J connectivity index is 2.47. The van der Waals surface area contributed by atoms with E-state index in [-0.39, 0.29) is 10.7 Å². The minimum Gasteiger partial charge on any atom is -0.495 e. The van der Waals surface area contributed by atoms with Crippen molar-refractivity contribution in [1.29, 1.82) is 0 Å². The van der Waals surface area contributed by atoms with Crippen LogP contribution in [0.25, 0.3) is 0 Å². The molecule has 0 aliphatic carbocycles. The number of aromatic nitrogens is 1. The number of ether oxygens (including phenoxy) is 1. The van der Waals surface area contributed by atoms with Gasteiger partial charge in [0.2, 0.25) is 0 Å². The molecule has 0 spiro atoms. The van der Waals surface area contributed by atoms with Gasteiger partial charge in [-0.2, -0.15) is 0 Å². The molecule has 0 fully saturated rings. The summed E-state index contributed by atoms with van der Waals surface area (Å²) >= 11 is 3.18. The highest BCUT2D eigenvalue weighted by atomic mass is 79.9. The summed E-state index contributed by atoms with van der Waals surface area (Å²) in [6.45, 7) is 1.85. The molecule has 21 heavy (non-hydrogen) atoms. The summed E-state index contributed by atoms with van der Waals surface area (Å²) in [6.07, 6.45) is 1.43. The average Bonchev–Trinajstić information content (AvgIpc) is 2.41. The number of benzene rings is 1. The zero-order valence-electron chi connectivity index (χ0n) is 11.4. The van der Waals surface area contributed by atoms with E-state index in [9.17, 15) is 8.42 Å². The second-order valence-corrected chi connectivity index (χ2v) is 6.91. The molecule has 0 bridgehead atoms. The Bertz CT molecular complexity index is 778. The Morgan fingerprint density at radius 2 is 2.05 bits per heavy atom. The van der Waals surface area contributed by atoms with Crippen LogP contribution in [-0.2, 0) is 10.0 Å². The molecule has 1 aromatic carbocycles. The van der Waals surface area contributed by atoms with E-state index in [1.54, 1.807) is 12.1 Å². The second-order valence-electron chi connectivity index (χ2n) is 4.35. The van der Waals surface area contributed by atoms with Gasteiger partial charge in [0.05, 0.1) is 12.8 Å². The summed E-state index contributed by atoms with van der Waals surface area (Å²) in [7, 11) is -2.39. The van der Waals surface area contributed by atoms with E-state index >= 15 is 0 Å². The molecule has 6 nitrogen and oxygen atoms in total. The van der Waals surface area contributed by atoms with E-state index < -0.39 is 10.0 Å². The van der Waals surface area contributed by atoms with Crippen molar-refractivity contribution in [3.05, 3.63) is 40.5 Å². The number of nitrogen functional groups attached to an aromatic ring is 1. The van der Waals surface area contributed by atoms with Crippen LogP contribution in [0.3, 0.4) is 0 Å². The van der Waals surface area contributed by atoms with Crippen molar-refractivity contribution in [2.24, 2.45) is 0 Å². The number of hydrogen-bond donors (Lipinski definition) is 2. The van der Waals surface area contributed by atoms with Crippen molar-refractivity contribution in [3.8, 4) is 5.75 Å². The van der Waals surface area contributed by atoms with Crippen LogP contribution >= 0.6 is 15.9 Å². The monoisotopic (exact) mass is 371 g/mol. The number of nitrogens with zero attached hydrogens (tertiary/aromatic N) is 1. The zero-order chi connectivity index (χ0) is 15.6. The van der Waals surface area contributed by atoms with Crippen LogP contribution in [-0.4, -0.2) is 20.5 Å². The van der Waals surface area contributed by atoms with Crippen molar-refractivity contribution in [2.45, 2.75) is 11.8 Å². The van der Waals surface area contributed by atoms with Gasteiger partial charge >= 0.3 is 0 Å². The summed E-state index contributed by atoms with van der Waals surface area (Å²) in [6, 6.07) is 6.59. The highest BCUT2D eigenvalue weighted by Gasteiger charge is 2.20. The summed E-state index contributed by atoms with van der Waals surface area (Å²) in [5.41, 5.74) is 6.89. The van der Waals surface area contributed by atoms with E-state index in [4.69, 9.17) is 10.5 Å². The van der Waals surface area contributed by atoms with Gasteiger partial charge in [0.25, 0.3) is 10.0 Å². The van der Waals surface area contributed by atoms with E-state index in [0.717, 1.165) is 5.56 Å². The van der Waals surface area contributed by atoms with Gasteiger partial charge in [-0.1, -0.05) is 6.07 Å². The highest BCUT2D eigenvalue weighted by Crippen LogP contribution is 2.29. The van der Waals surface area contributed by atoms with Crippen LogP contribution in [0.1, 0.15) is 5.56 Å². The molecule has 0 aliphatic heterocycles. The van der Waals surface area contributed by atoms with Crippen LogP contribution in [0, 0.1) is 6.92 Å². The fourth-order valence-corrected chi connectivity index (χ4v) is 3.40. The summed E-state index contributed by atoms with van der Waals surface area (Å²) in [5.74, 6) is 0.350. The summed E-state index contributed by atoms with van der Waals surface area (Å²) in [5, 5.41) is 0. The number of aryl methyl sites for hydroxylation is 1. The first-order chi connectivity index (χ1) is 9.83. The van der Waals surface area contributed by atoms with E-state index in [2.05, 4.69) is 25.6 Å². The lowest BCUT2D eigenvalue weighted by molar-refractivity contribution is 0.417. The van der Waals surface area contributed by atoms with Gasteiger partial charge in [0, 0.05) is 10.7 Å². The van der Waals surface area contributed by atoms with Gasteiger partial charge in [-0.05, 0) is 46.6 Å². The van der Waals surface area contributed by atoms with Crippen molar-refractivity contribution in [2.75, 3.05) is 17.6 Å². The molecule has 3 N–H and O–H groups in total. The van der Waals surface area contributed by atoms with Gasteiger partial charge in [-0.15, -0.1) is 0 Å². The van der Waals surface area contributed by atoms with Crippen LogP contribution < -0.4 is 15.2 Å². The number of nitrogens with one attached hydrogen (secondary N) is 1. The molecule has 2 rings (SSSR count). The molecule has 0 amide bonds. The minimum atomic E-state index is -3.86. The van der Waals surface area contributed by atoms with Crippen LogP contribution in [0.5, 0.6) is 5.75 Å². The highest BCUT2D eigenvalue weighted by molar-refractivity contribution is 9.10. The van der Waals surface area contributed by atoms with Crippen LogP contribution in [0.4, 0.5) is 11.5 Å². The lowest BCUT2D eigenvalue weighted by Gasteiger charge is -2.13. The first kappa shape index (κ1) is 15.6. The largest absolute Gasteiger partial charge is 0.495 e. The minimum absolute atomic E-state index is 0.0719. The van der Waals surface area contributed by atoms with E-state index in [1.807, 2.05) is 13.0 Å². The number of hydrogen-bond acceptors (Lipinski definition) is 5. The quantitative estimate of drug-likeness (QED) is 0.860. The molecule has 8 heteroatoms. The molecule has 0 saturated carbocycles. The Hall–Kier alpha value is -1.80. The van der Waals surface area contributed by atoms with Crippen molar-refractivity contribution < 1.29 is 13.2 Å². The average molecular weight is 372 g/mol. The lowest BCUT2D eigenvalue weighted by Crippen LogP contribution is -2.16.